The summed E-state index contributed by atoms with van der Waals surface area (Å²) < 4.78 is 0. The van der Waals surface area contributed by atoms with E-state index in [-0.39, 0.29) is 0 Å². The molecule has 4 bridgehead atoms. The largest absolute Gasteiger partial charge is 0.303 e. The van der Waals surface area contributed by atoms with Gasteiger partial charge >= 0.3 is 0 Å². The topological polar surface area (TPSA) is 3.24 Å². The highest BCUT2D eigenvalue weighted by Crippen LogP contribution is 2.58. The third-order valence-corrected chi connectivity index (χ3v) is 6.24. The van der Waals surface area contributed by atoms with E-state index < -0.39 is 0 Å². The van der Waals surface area contributed by atoms with E-state index in [1.165, 1.54) is 32.5 Å². The monoisotopic (exact) mass is 233 g/mol. The average molecular weight is 233 g/mol. The second-order valence-corrected chi connectivity index (χ2v) is 7.74. The Kier molecular flexibility index (Phi) is 2.54. The fraction of sp³-hybridized carbons (Fsp3) is 1.00. The van der Waals surface area contributed by atoms with Gasteiger partial charge in [0.15, 0.2) is 0 Å². The third kappa shape index (κ3) is 1.95. The summed E-state index contributed by atoms with van der Waals surface area (Å²) in [5.41, 5.74) is 0.775. The van der Waals surface area contributed by atoms with Crippen molar-refractivity contribution in [2.75, 3.05) is 19.6 Å². The molecule has 0 radical (unpaired) electrons. The van der Waals surface area contributed by atoms with E-state index in [2.05, 4.69) is 4.90 Å². The molecule has 17 heavy (non-hydrogen) atoms. The van der Waals surface area contributed by atoms with Crippen LogP contribution >= 0.6 is 0 Å². The van der Waals surface area contributed by atoms with Crippen LogP contribution in [0, 0.1) is 23.2 Å². The van der Waals surface area contributed by atoms with Gasteiger partial charge in [0.05, 0.1) is 0 Å². The average Bonchev–Trinajstić information content (AvgIpc) is 2.68. The van der Waals surface area contributed by atoms with Crippen LogP contribution in [0.2, 0.25) is 0 Å². The van der Waals surface area contributed by atoms with Crippen molar-refractivity contribution in [1.29, 1.82) is 0 Å². The Hall–Kier alpha value is -0.0400. The SMILES string of the molecule is C1CCN(CC23CC4C[C@@H](CC[C@H](C4)C2)C3)C1. The van der Waals surface area contributed by atoms with Gasteiger partial charge in [-0.25, -0.2) is 0 Å². The van der Waals surface area contributed by atoms with Gasteiger partial charge in [0.2, 0.25) is 0 Å². The van der Waals surface area contributed by atoms with Gasteiger partial charge in [-0.1, -0.05) is 12.8 Å². The Balaban J connectivity index is 1.55. The molecule has 5 rings (SSSR count). The summed E-state index contributed by atoms with van der Waals surface area (Å²) in [7, 11) is 0. The summed E-state index contributed by atoms with van der Waals surface area (Å²) >= 11 is 0. The molecule has 5 fully saturated rings. The van der Waals surface area contributed by atoms with Gasteiger partial charge in [-0.15, -0.1) is 0 Å². The van der Waals surface area contributed by atoms with Gasteiger partial charge in [0.25, 0.3) is 0 Å². The van der Waals surface area contributed by atoms with Crippen molar-refractivity contribution in [2.45, 2.75) is 57.8 Å². The number of rotatable bonds is 2. The molecule has 0 amide bonds. The van der Waals surface area contributed by atoms with Crippen LogP contribution in [-0.2, 0) is 0 Å². The van der Waals surface area contributed by atoms with Crippen molar-refractivity contribution in [3.05, 3.63) is 0 Å². The van der Waals surface area contributed by atoms with Crippen LogP contribution in [-0.4, -0.2) is 24.5 Å². The van der Waals surface area contributed by atoms with Crippen LogP contribution in [0.15, 0.2) is 0 Å². The summed E-state index contributed by atoms with van der Waals surface area (Å²) in [5, 5.41) is 0. The van der Waals surface area contributed by atoms with E-state index in [0.29, 0.717) is 0 Å². The highest BCUT2D eigenvalue weighted by Gasteiger charge is 2.48. The van der Waals surface area contributed by atoms with E-state index in [9.17, 15) is 0 Å². The number of hydrogen-bond donors (Lipinski definition) is 0. The van der Waals surface area contributed by atoms with Crippen molar-refractivity contribution in [3.63, 3.8) is 0 Å². The summed E-state index contributed by atoms with van der Waals surface area (Å²) in [5.74, 6) is 3.35. The van der Waals surface area contributed by atoms with E-state index in [1.807, 2.05) is 0 Å². The molecule has 1 nitrogen and oxygen atoms in total. The first-order valence-electron chi connectivity index (χ1n) is 8.04. The van der Waals surface area contributed by atoms with E-state index in [4.69, 9.17) is 0 Å². The Labute approximate surface area is 106 Å². The van der Waals surface area contributed by atoms with Gasteiger partial charge in [-0.2, -0.15) is 0 Å². The molecular weight excluding hydrogens is 206 g/mol. The predicted molar refractivity (Wildman–Crippen MR) is 70.9 cm³/mol. The minimum absolute atomic E-state index is 0.775. The lowest BCUT2D eigenvalue weighted by Crippen LogP contribution is -2.45. The third-order valence-electron chi connectivity index (χ3n) is 6.24. The summed E-state index contributed by atoms with van der Waals surface area (Å²) in [6, 6.07) is 0. The zero-order valence-corrected chi connectivity index (χ0v) is 11.2. The Bertz CT molecular complexity index is 276. The smallest absolute Gasteiger partial charge is 0.00383 e. The predicted octanol–water partition coefficient (Wildman–Crippen LogP) is 3.69. The van der Waals surface area contributed by atoms with Crippen molar-refractivity contribution < 1.29 is 0 Å². The second-order valence-electron chi connectivity index (χ2n) is 7.74. The van der Waals surface area contributed by atoms with Gasteiger partial charge < -0.3 is 4.90 Å². The van der Waals surface area contributed by atoms with Crippen LogP contribution in [0.3, 0.4) is 0 Å². The molecule has 0 aromatic rings. The molecule has 5 aliphatic rings. The molecular formula is C16H27N. The quantitative estimate of drug-likeness (QED) is 0.703. The van der Waals surface area contributed by atoms with Crippen molar-refractivity contribution in [2.24, 2.45) is 23.2 Å². The molecule has 1 aliphatic heterocycles. The fourth-order valence-corrected chi connectivity index (χ4v) is 5.98. The zero-order valence-electron chi connectivity index (χ0n) is 11.2. The van der Waals surface area contributed by atoms with Crippen LogP contribution in [0.1, 0.15) is 57.8 Å². The lowest BCUT2D eigenvalue weighted by Gasteiger charge is -2.50. The maximum absolute atomic E-state index is 2.80. The molecule has 4 aliphatic carbocycles. The first-order chi connectivity index (χ1) is 8.31. The van der Waals surface area contributed by atoms with Crippen molar-refractivity contribution in [1.82, 2.24) is 4.90 Å². The zero-order chi connectivity index (χ0) is 11.3. The Morgan fingerprint density at radius 1 is 0.824 bits per heavy atom. The van der Waals surface area contributed by atoms with Crippen LogP contribution in [0.25, 0.3) is 0 Å². The minimum atomic E-state index is 0.775. The van der Waals surface area contributed by atoms with E-state index in [0.717, 1.165) is 23.2 Å². The first-order valence-corrected chi connectivity index (χ1v) is 8.04. The Morgan fingerprint density at radius 2 is 1.41 bits per heavy atom. The van der Waals surface area contributed by atoms with Crippen molar-refractivity contribution >= 4 is 0 Å². The van der Waals surface area contributed by atoms with Gasteiger partial charge in [0, 0.05) is 6.54 Å². The molecule has 1 saturated heterocycles. The molecule has 96 valence electrons. The van der Waals surface area contributed by atoms with E-state index in [1.54, 1.807) is 44.9 Å². The summed E-state index contributed by atoms with van der Waals surface area (Å²) in [6.45, 7) is 4.28. The van der Waals surface area contributed by atoms with Crippen molar-refractivity contribution in [3.8, 4) is 0 Å². The lowest BCUT2D eigenvalue weighted by atomic mass is 9.58. The van der Waals surface area contributed by atoms with Gasteiger partial charge in [-0.3, -0.25) is 0 Å². The first kappa shape index (κ1) is 10.8. The molecule has 0 aromatic carbocycles. The van der Waals surface area contributed by atoms with Crippen LogP contribution in [0.4, 0.5) is 0 Å². The van der Waals surface area contributed by atoms with Gasteiger partial charge in [-0.05, 0) is 81.2 Å². The van der Waals surface area contributed by atoms with Gasteiger partial charge in [0.1, 0.15) is 0 Å². The maximum Gasteiger partial charge on any atom is 0.00383 e. The molecule has 1 heterocycles. The number of likely N-dealkylation sites (tertiary alicyclic amines) is 1. The molecule has 0 spiro atoms. The van der Waals surface area contributed by atoms with E-state index >= 15 is 0 Å². The standard InChI is InChI=1S/C16H27N/c1-2-6-17(5-1)12-16-9-13-3-4-14(10-16)8-15(7-13)11-16/h13-15H,1-12H2/t13-,14-,15?,16?/m1/s1. The van der Waals surface area contributed by atoms with Crippen LogP contribution < -0.4 is 0 Å². The molecule has 0 unspecified atom stereocenters. The highest BCUT2D eigenvalue weighted by molar-refractivity contribution is 5.00. The fourth-order valence-electron chi connectivity index (χ4n) is 5.98. The molecule has 1 heteroatoms. The normalized spacial score (nSPS) is 49.8. The lowest BCUT2D eigenvalue weighted by molar-refractivity contribution is 0.00877. The molecule has 2 atom stereocenters. The number of hydrogen-bond acceptors (Lipinski definition) is 1. The molecule has 0 N–H and O–H groups in total. The Morgan fingerprint density at radius 3 is 2.06 bits per heavy atom. The minimum Gasteiger partial charge on any atom is -0.303 e. The number of nitrogens with zero attached hydrogens (tertiary/aromatic N) is 1. The number of fused-ring (bicyclic) bond motifs is 1. The molecule has 4 saturated carbocycles. The summed E-state index contributed by atoms with van der Waals surface area (Å²) in [4.78, 5) is 2.80. The highest BCUT2D eigenvalue weighted by atomic mass is 15.1. The maximum atomic E-state index is 2.80. The molecule has 0 aromatic heterocycles. The van der Waals surface area contributed by atoms with Crippen LogP contribution in [0.5, 0.6) is 0 Å². The summed E-state index contributed by atoms with van der Waals surface area (Å²) in [6.07, 6.45) is 14.0. The second kappa shape index (κ2) is 3.98.